The Balaban J connectivity index is 2.65. The smallest absolute Gasteiger partial charge is 0.278 e. The van der Waals surface area contributed by atoms with Crippen molar-refractivity contribution in [3.63, 3.8) is 0 Å². The SMILES string of the molecule is Cc1cccn2c(=O)c3cc(C#N)c(N)[n+](C)c3nc12. The van der Waals surface area contributed by atoms with E-state index in [4.69, 9.17) is 11.0 Å². The van der Waals surface area contributed by atoms with Crippen LogP contribution in [0.3, 0.4) is 0 Å². The summed E-state index contributed by atoms with van der Waals surface area (Å²) in [7, 11) is 1.69. The van der Waals surface area contributed by atoms with Gasteiger partial charge in [0.05, 0.1) is 7.05 Å². The van der Waals surface area contributed by atoms with Crippen LogP contribution < -0.4 is 15.9 Å². The fourth-order valence-electron chi connectivity index (χ4n) is 2.29. The van der Waals surface area contributed by atoms with Crippen molar-refractivity contribution in [3.8, 4) is 6.07 Å². The van der Waals surface area contributed by atoms with E-state index in [2.05, 4.69) is 4.98 Å². The Morgan fingerprint density at radius 1 is 1.50 bits per heavy atom. The van der Waals surface area contributed by atoms with E-state index in [0.717, 1.165) is 5.56 Å². The molecule has 0 saturated heterocycles. The number of nitrogens with zero attached hydrogens (tertiary/aromatic N) is 4. The first-order valence-electron chi connectivity index (χ1n) is 6.05. The highest BCUT2D eigenvalue weighted by atomic mass is 16.1. The van der Waals surface area contributed by atoms with E-state index in [1.165, 1.54) is 10.5 Å². The van der Waals surface area contributed by atoms with Crippen molar-refractivity contribution in [3.05, 3.63) is 45.9 Å². The molecule has 0 spiro atoms. The van der Waals surface area contributed by atoms with E-state index in [1.807, 2.05) is 19.1 Å². The van der Waals surface area contributed by atoms with E-state index in [9.17, 15) is 4.79 Å². The molecule has 3 heterocycles. The number of fused-ring (bicyclic) bond motifs is 2. The van der Waals surface area contributed by atoms with Crippen LogP contribution in [0.4, 0.5) is 5.82 Å². The highest BCUT2D eigenvalue weighted by Gasteiger charge is 2.18. The summed E-state index contributed by atoms with van der Waals surface area (Å²) in [5, 5.41) is 9.45. The molecule has 6 heteroatoms. The van der Waals surface area contributed by atoms with Crippen molar-refractivity contribution in [1.82, 2.24) is 9.38 Å². The third-order valence-electron chi connectivity index (χ3n) is 3.43. The Kier molecular flexibility index (Phi) is 2.44. The molecule has 20 heavy (non-hydrogen) atoms. The average Bonchev–Trinajstić information content (AvgIpc) is 2.45. The number of nitrogens with two attached hydrogens (primary N) is 1. The van der Waals surface area contributed by atoms with E-state index < -0.39 is 0 Å². The molecule has 0 saturated carbocycles. The highest BCUT2D eigenvalue weighted by molar-refractivity contribution is 5.77. The zero-order valence-corrected chi connectivity index (χ0v) is 11.1. The van der Waals surface area contributed by atoms with Gasteiger partial charge in [-0.2, -0.15) is 5.26 Å². The highest BCUT2D eigenvalue weighted by Crippen LogP contribution is 2.13. The Labute approximate surface area is 114 Å². The van der Waals surface area contributed by atoms with Crippen molar-refractivity contribution in [2.45, 2.75) is 6.92 Å². The predicted molar refractivity (Wildman–Crippen MR) is 74.0 cm³/mol. The lowest BCUT2D eigenvalue weighted by atomic mass is 10.2. The largest absolute Gasteiger partial charge is 0.317 e. The number of hydrogen-bond acceptors (Lipinski definition) is 4. The molecule has 0 aliphatic heterocycles. The third-order valence-corrected chi connectivity index (χ3v) is 3.43. The molecule has 0 aliphatic carbocycles. The van der Waals surface area contributed by atoms with Gasteiger partial charge in [-0.15, -0.1) is 0 Å². The molecule has 0 fully saturated rings. The molecule has 0 unspecified atom stereocenters. The Bertz CT molecular complexity index is 965. The van der Waals surface area contributed by atoms with Crippen LogP contribution in [0, 0.1) is 18.3 Å². The lowest BCUT2D eigenvalue weighted by molar-refractivity contribution is -0.632. The maximum atomic E-state index is 12.5. The quantitative estimate of drug-likeness (QED) is 0.472. The molecule has 0 bridgehead atoms. The van der Waals surface area contributed by atoms with Crippen molar-refractivity contribution in [2.75, 3.05) is 5.73 Å². The van der Waals surface area contributed by atoms with Gasteiger partial charge in [0.2, 0.25) is 11.5 Å². The molecule has 0 aromatic carbocycles. The predicted octanol–water partition coefficient (Wildman–Crippen LogP) is 0.434. The normalized spacial score (nSPS) is 10.8. The second-order valence-electron chi connectivity index (χ2n) is 4.65. The van der Waals surface area contributed by atoms with Gasteiger partial charge in [-0.1, -0.05) is 11.1 Å². The summed E-state index contributed by atoms with van der Waals surface area (Å²) < 4.78 is 3.05. The van der Waals surface area contributed by atoms with Gasteiger partial charge >= 0.3 is 0 Å². The molecule has 3 rings (SSSR count). The van der Waals surface area contributed by atoms with Gasteiger partial charge in [0, 0.05) is 11.8 Å². The zero-order chi connectivity index (χ0) is 14.4. The molecule has 0 atom stereocenters. The van der Waals surface area contributed by atoms with Gasteiger partial charge in [0.15, 0.2) is 0 Å². The first-order chi connectivity index (χ1) is 9.54. The molecule has 98 valence electrons. The maximum Gasteiger partial charge on any atom is 0.278 e. The first kappa shape index (κ1) is 12.1. The van der Waals surface area contributed by atoms with Gasteiger partial charge in [-0.3, -0.25) is 9.20 Å². The van der Waals surface area contributed by atoms with Crippen LogP contribution in [0.1, 0.15) is 11.1 Å². The average molecular weight is 266 g/mol. The van der Waals surface area contributed by atoms with Crippen molar-refractivity contribution < 1.29 is 4.57 Å². The molecule has 3 aromatic rings. The monoisotopic (exact) mass is 266 g/mol. The molecule has 0 amide bonds. The summed E-state index contributed by atoms with van der Waals surface area (Å²) in [6, 6.07) is 7.17. The molecular formula is C14H12N5O+. The summed E-state index contributed by atoms with van der Waals surface area (Å²) in [5.74, 6) is 0.296. The number of pyridine rings is 2. The second-order valence-corrected chi connectivity index (χ2v) is 4.65. The van der Waals surface area contributed by atoms with Crippen LogP contribution in [-0.2, 0) is 7.05 Å². The fourth-order valence-corrected chi connectivity index (χ4v) is 2.29. The van der Waals surface area contributed by atoms with Crippen LogP contribution in [-0.4, -0.2) is 9.38 Å². The standard InChI is InChI=1S/C14H11N5O/c1-8-4-3-5-19-12(8)17-13-10(14(19)20)6-9(7-15)11(16)18(13)2/h3-6,16H,1-2H3/p+1. The van der Waals surface area contributed by atoms with Crippen LogP contribution in [0.25, 0.3) is 16.7 Å². The maximum absolute atomic E-state index is 12.5. The minimum Gasteiger partial charge on any atom is -0.317 e. The van der Waals surface area contributed by atoms with E-state index in [1.54, 1.807) is 23.9 Å². The lowest BCUT2D eigenvalue weighted by Crippen LogP contribution is -2.37. The van der Waals surface area contributed by atoms with Crippen molar-refractivity contribution >= 4 is 22.5 Å². The van der Waals surface area contributed by atoms with Crippen LogP contribution in [0.5, 0.6) is 0 Å². The minimum atomic E-state index is -0.208. The topological polar surface area (TPSA) is 88.1 Å². The zero-order valence-electron chi connectivity index (χ0n) is 11.1. The van der Waals surface area contributed by atoms with Gasteiger partial charge in [-0.25, -0.2) is 4.57 Å². The minimum absolute atomic E-state index is 0.208. The number of nitriles is 1. The Hall–Kier alpha value is -2.94. The van der Waals surface area contributed by atoms with Gasteiger partial charge in [0.25, 0.3) is 11.2 Å². The van der Waals surface area contributed by atoms with Gasteiger partial charge < -0.3 is 5.73 Å². The molecular weight excluding hydrogens is 254 g/mol. The molecule has 3 aromatic heterocycles. The van der Waals surface area contributed by atoms with E-state index in [-0.39, 0.29) is 11.1 Å². The van der Waals surface area contributed by atoms with E-state index >= 15 is 0 Å². The first-order valence-corrected chi connectivity index (χ1v) is 6.05. The summed E-state index contributed by atoms with van der Waals surface area (Å²) in [6.07, 6.45) is 1.67. The molecule has 0 aliphatic rings. The molecule has 2 N–H and O–H groups in total. The summed E-state index contributed by atoms with van der Waals surface area (Å²) in [4.78, 5) is 17.0. The third kappa shape index (κ3) is 1.47. The van der Waals surface area contributed by atoms with Crippen LogP contribution in [0.2, 0.25) is 0 Å². The lowest BCUT2D eigenvalue weighted by Gasteiger charge is -2.05. The van der Waals surface area contributed by atoms with Gasteiger partial charge in [-0.05, 0) is 19.1 Å². The Morgan fingerprint density at radius 3 is 2.95 bits per heavy atom. The van der Waals surface area contributed by atoms with Crippen LogP contribution in [0.15, 0.2) is 29.2 Å². The summed E-state index contributed by atoms with van der Waals surface area (Å²) >= 11 is 0. The summed E-state index contributed by atoms with van der Waals surface area (Å²) in [5.41, 5.74) is 7.90. The van der Waals surface area contributed by atoms with Crippen molar-refractivity contribution in [2.24, 2.45) is 7.05 Å². The fraction of sp³-hybridized carbons (Fsp3) is 0.143. The molecule has 0 radical (unpaired) electrons. The number of nitrogen functional groups attached to an aromatic ring is 1. The van der Waals surface area contributed by atoms with Crippen molar-refractivity contribution in [1.29, 1.82) is 5.26 Å². The second kappa shape index (κ2) is 4.03. The van der Waals surface area contributed by atoms with Gasteiger partial charge in [0.1, 0.15) is 17.0 Å². The van der Waals surface area contributed by atoms with E-state index in [0.29, 0.717) is 22.5 Å². The summed E-state index contributed by atoms with van der Waals surface area (Å²) in [6.45, 7) is 1.89. The Morgan fingerprint density at radius 2 is 2.25 bits per heavy atom. The van der Waals surface area contributed by atoms with Crippen LogP contribution >= 0.6 is 0 Å². The number of aromatic nitrogens is 3. The number of anilines is 1. The number of aryl methyl sites for hydroxylation is 2. The number of rotatable bonds is 0. The molecule has 6 nitrogen and oxygen atoms in total. The number of hydrogen-bond donors (Lipinski definition) is 1.